The lowest BCUT2D eigenvalue weighted by atomic mass is 10.2. The number of carbonyl (C=O) groups excluding carboxylic acids is 1. The van der Waals surface area contributed by atoms with Crippen LogP contribution in [-0.4, -0.2) is 15.9 Å². The van der Waals surface area contributed by atoms with E-state index in [0.29, 0.717) is 11.3 Å². The normalized spacial score (nSPS) is 20.1. The van der Waals surface area contributed by atoms with Crippen molar-refractivity contribution in [3.05, 3.63) is 65.9 Å². The van der Waals surface area contributed by atoms with Crippen LogP contribution in [0.25, 0.3) is 22.0 Å². The van der Waals surface area contributed by atoms with Crippen molar-refractivity contribution in [1.82, 2.24) is 15.3 Å². The zero-order valence-corrected chi connectivity index (χ0v) is 14.7. The average molecular weight is 363 g/mol. The molecule has 3 atom stereocenters. The van der Waals surface area contributed by atoms with Crippen LogP contribution in [0.1, 0.15) is 36.9 Å². The highest BCUT2D eigenvalue weighted by Gasteiger charge is 2.46. The molecule has 1 aliphatic rings. The first-order chi connectivity index (χ1) is 13.1. The standard InChI is InChI=1S/C21H18FN3O2/c1-11(18-8-12-6-7-13(22)9-19(12)27-18)23-21(26)15-10-14(15)20-24-16-4-2-3-5-17(16)25-20/h2-9,11,14-15H,10H2,1H3,(H,23,26)(H,24,25)/t11-,14+,15+/m1/s1. The predicted octanol–water partition coefficient (Wildman–Crippen LogP) is 4.43. The van der Waals surface area contributed by atoms with Gasteiger partial charge in [0.25, 0.3) is 0 Å². The van der Waals surface area contributed by atoms with Gasteiger partial charge in [0.1, 0.15) is 23.0 Å². The summed E-state index contributed by atoms with van der Waals surface area (Å²) in [4.78, 5) is 20.5. The quantitative estimate of drug-likeness (QED) is 0.563. The number of aromatic amines is 1. The van der Waals surface area contributed by atoms with Gasteiger partial charge in [0, 0.05) is 23.3 Å². The molecule has 136 valence electrons. The van der Waals surface area contributed by atoms with E-state index in [1.807, 2.05) is 37.3 Å². The van der Waals surface area contributed by atoms with Crippen molar-refractivity contribution in [3.8, 4) is 0 Å². The Morgan fingerprint density at radius 3 is 3.00 bits per heavy atom. The molecule has 27 heavy (non-hydrogen) atoms. The number of imidazole rings is 1. The van der Waals surface area contributed by atoms with E-state index in [0.717, 1.165) is 28.7 Å². The topological polar surface area (TPSA) is 70.9 Å². The molecular formula is C21H18FN3O2. The second-order valence-electron chi connectivity index (χ2n) is 7.15. The van der Waals surface area contributed by atoms with Gasteiger partial charge >= 0.3 is 0 Å². The molecule has 4 aromatic rings. The van der Waals surface area contributed by atoms with Crippen LogP contribution in [0.15, 0.2) is 52.9 Å². The van der Waals surface area contributed by atoms with Crippen LogP contribution in [0.2, 0.25) is 0 Å². The fourth-order valence-corrected chi connectivity index (χ4v) is 3.57. The number of aromatic nitrogens is 2. The maximum Gasteiger partial charge on any atom is 0.224 e. The van der Waals surface area contributed by atoms with Crippen molar-refractivity contribution in [2.45, 2.75) is 25.3 Å². The fourth-order valence-electron chi connectivity index (χ4n) is 3.57. The van der Waals surface area contributed by atoms with E-state index in [4.69, 9.17) is 4.42 Å². The SMILES string of the molecule is C[C@@H](NC(=O)[C@H]1C[C@@H]1c1nc2ccccc2[nH]1)c1cc2ccc(F)cc2o1. The van der Waals surface area contributed by atoms with Crippen LogP contribution in [0.3, 0.4) is 0 Å². The minimum Gasteiger partial charge on any atom is -0.459 e. The lowest BCUT2D eigenvalue weighted by Crippen LogP contribution is -2.28. The van der Waals surface area contributed by atoms with Crippen molar-refractivity contribution < 1.29 is 13.6 Å². The number of halogens is 1. The molecule has 0 spiro atoms. The molecule has 2 N–H and O–H groups in total. The Labute approximate surface area is 154 Å². The minimum absolute atomic E-state index is 0.0143. The van der Waals surface area contributed by atoms with E-state index < -0.39 is 0 Å². The fraction of sp³-hybridized carbons (Fsp3) is 0.238. The molecule has 0 unspecified atom stereocenters. The van der Waals surface area contributed by atoms with Gasteiger partial charge in [-0.3, -0.25) is 4.79 Å². The van der Waals surface area contributed by atoms with Crippen LogP contribution in [0.5, 0.6) is 0 Å². The zero-order chi connectivity index (χ0) is 18.5. The molecular weight excluding hydrogens is 345 g/mol. The highest BCUT2D eigenvalue weighted by molar-refractivity contribution is 5.84. The molecule has 1 saturated carbocycles. The van der Waals surface area contributed by atoms with Gasteiger partial charge in [-0.1, -0.05) is 12.1 Å². The Kier molecular flexibility index (Phi) is 3.53. The average Bonchev–Trinajstić information content (AvgIpc) is 3.16. The first-order valence-corrected chi connectivity index (χ1v) is 9.02. The molecule has 0 bridgehead atoms. The van der Waals surface area contributed by atoms with Crippen molar-refractivity contribution in [2.75, 3.05) is 0 Å². The second-order valence-corrected chi connectivity index (χ2v) is 7.15. The summed E-state index contributed by atoms with van der Waals surface area (Å²) in [6.07, 6.45) is 0.781. The van der Waals surface area contributed by atoms with Crippen molar-refractivity contribution >= 4 is 27.9 Å². The number of hydrogen-bond donors (Lipinski definition) is 2. The maximum absolute atomic E-state index is 13.3. The van der Waals surface area contributed by atoms with Crippen LogP contribution in [0.4, 0.5) is 4.39 Å². The Bertz CT molecular complexity index is 1130. The molecule has 5 nitrogen and oxygen atoms in total. The summed E-state index contributed by atoms with van der Waals surface area (Å²) in [5, 5.41) is 3.82. The van der Waals surface area contributed by atoms with E-state index in [9.17, 15) is 9.18 Å². The van der Waals surface area contributed by atoms with E-state index in [1.54, 1.807) is 6.07 Å². The van der Waals surface area contributed by atoms with Crippen LogP contribution in [0, 0.1) is 11.7 Å². The molecule has 2 aromatic carbocycles. The summed E-state index contributed by atoms with van der Waals surface area (Å²) >= 11 is 0. The van der Waals surface area contributed by atoms with E-state index in [1.165, 1.54) is 12.1 Å². The number of H-pyrrole nitrogens is 1. The van der Waals surface area contributed by atoms with Crippen molar-refractivity contribution in [2.24, 2.45) is 5.92 Å². The Morgan fingerprint density at radius 2 is 2.15 bits per heavy atom. The molecule has 2 aromatic heterocycles. The number of carbonyl (C=O) groups is 1. The van der Waals surface area contributed by atoms with Crippen LogP contribution >= 0.6 is 0 Å². The van der Waals surface area contributed by atoms with Gasteiger partial charge in [-0.2, -0.15) is 0 Å². The zero-order valence-electron chi connectivity index (χ0n) is 14.7. The molecule has 2 heterocycles. The minimum atomic E-state index is -0.341. The summed E-state index contributed by atoms with van der Waals surface area (Å²) < 4.78 is 19.0. The summed E-state index contributed by atoms with van der Waals surface area (Å²) in [7, 11) is 0. The number of rotatable bonds is 4. The molecule has 0 aliphatic heterocycles. The number of fused-ring (bicyclic) bond motifs is 2. The number of nitrogens with zero attached hydrogens (tertiary/aromatic N) is 1. The third kappa shape index (κ3) is 2.87. The molecule has 1 fully saturated rings. The molecule has 1 amide bonds. The highest BCUT2D eigenvalue weighted by atomic mass is 19.1. The van der Waals surface area contributed by atoms with E-state index >= 15 is 0 Å². The smallest absolute Gasteiger partial charge is 0.224 e. The van der Waals surface area contributed by atoms with Crippen LogP contribution < -0.4 is 5.32 Å². The summed E-state index contributed by atoms with van der Waals surface area (Å²) in [5.41, 5.74) is 2.39. The van der Waals surface area contributed by atoms with Gasteiger partial charge in [0.15, 0.2) is 0 Å². The molecule has 0 radical (unpaired) electrons. The maximum atomic E-state index is 13.3. The number of furan rings is 1. The summed E-state index contributed by atoms with van der Waals surface area (Å²) in [6.45, 7) is 1.87. The third-order valence-corrected chi connectivity index (χ3v) is 5.17. The number of amides is 1. The van der Waals surface area contributed by atoms with Gasteiger partial charge in [0.2, 0.25) is 5.91 Å². The lowest BCUT2D eigenvalue weighted by molar-refractivity contribution is -0.123. The Hall–Kier alpha value is -3.15. The number of nitrogens with one attached hydrogen (secondary N) is 2. The van der Waals surface area contributed by atoms with Crippen molar-refractivity contribution in [3.63, 3.8) is 0 Å². The third-order valence-electron chi connectivity index (χ3n) is 5.17. The van der Waals surface area contributed by atoms with Gasteiger partial charge in [0.05, 0.1) is 17.1 Å². The van der Waals surface area contributed by atoms with Gasteiger partial charge in [-0.05, 0) is 43.7 Å². The van der Waals surface area contributed by atoms with Crippen molar-refractivity contribution in [1.29, 1.82) is 0 Å². The predicted molar refractivity (Wildman–Crippen MR) is 99.7 cm³/mol. The molecule has 6 heteroatoms. The second kappa shape index (κ2) is 5.94. The number of hydrogen-bond acceptors (Lipinski definition) is 3. The van der Waals surface area contributed by atoms with Gasteiger partial charge in [-0.15, -0.1) is 0 Å². The molecule has 5 rings (SSSR count). The van der Waals surface area contributed by atoms with E-state index in [-0.39, 0.29) is 29.6 Å². The Morgan fingerprint density at radius 1 is 1.30 bits per heavy atom. The number of para-hydroxylation sites is 2. The van der Waals surface area contributed by atoms with Gasteiger partial charge in [-0.25, -0.2) is 9.37 Å². The summed E-state index contributed by atoms with van der Waals surface area (Å²) in [6, 6.07) is 13.8. The van der Waals surface area contributed by atoms with E-state index in [2.05, 4.69) is 15.3 Å². The Balaban J connectivity index is 1.28. The lowest BCUT2D eigenvalue weighted by Gasteiger charge is -2.11. The first-order valence-electron chi connectivity index (χ1n) is 9.02. The monoisotopic (exact) mass is 363 g/mol. The highest BCUT2D eigenvalue weighted by Crippen LogP contribution is 2.47. The number of benzene rings is 2. The molecule has 0 saturated heterocycles. The first kappa shape index (κ1) is 16.1. The largest absolute Gasteiger partial charge is 0.459 e. The molecule has 1 aliphatic carbocycles. The summed E-state index contributed by atoms with van der Waals surface area (Å²) in [5.74, 6) is 1.16. The van der Waals surface area contributed by atoms with Gasteiger partial charge < -0.3 is 14.7 Å². The van der Waals surface area contributed by atoms with Crippen LogP contribution in [-0.2, 0) is 4.79 Å².